The Hall–Kier alpha value is -3.96. The van der Waals surface area contributed by atoms with Crippen LogP contribution in [-0.2, 0) is 11.3 Å². The number of hydrogen-bond donors (Lipinski definition) is 2. The number of aliphatic hydroxyl groups is 1. The van der Waals surface area contributed by atoms with Gasteiger partial charge in [-0.3, -0.25) is 4.79 Å². The number of carbonyl (C=O) groups is 1. The van der Waals surface area contributed by atoms with Gasteiger partial charge < -0.3 is 15.0 Å². The Labute approximate surface area is 229 Å². The lowest BCUT2D eigenvalue weighted by Gasteiger charge is -2.26. The Bertz CT molecular complexity index is 1580. The zero-order chi connectivity index (χ0) is 26.8. The number of aromatic nitrogens is 2. The molecule has 0 spiro atoms. The fraction of sp³-hybridized carbons (Fsp3) is 0.294. The molecule has 0 aliphatic heterocycles. The first-order valence-corrected chi connectivity index (χ1v) is 14.0. The molecule has 0 radical (unpaired) electrons. The number of aryl methyl sites for hydroxylation is 1. The Morgan fingerprint density at radius 1 is 0.949 bits per heavy atom. The number of nitrogens with one attached hydrogen (secondary N) is 1. The van der Waals surface area contributed by atoms with Crippen molar-refractivity contribution >= 4 is 27.8 Å². The average molecular weight is 518 g/mol. The van der Waals surface area contributed by atoms with E-state index in [2.05, 4.69) is 71.4 Å². The fourth-order valence-corrected chi connectivity index (χ4v) is 6.40. The Morgan fingerprint density at radius 2 is 1.67 bits per heavy atom. The highest BCUT2D eigenvalue weighted by molar-refractivity contribution is 6.08. The zero-order valence-corrected chi connectivity index (χ0v) is 22.4. The maximum absolute atomic E-state index is 13.7. The van der Waals surface area contributed by atoms with Gasteiger partial charge in [-0.1, -0.05) is 85.6 Å². The number of amides is 1. The van der Waals surface area contributed by atoms with Crippen LogP contribution in [0.2, 0.25) is 0 Å². The van der Waals surface area contributed by atoms with Crippen molar-refractivity contribution < 1.29 is 9.90 Å². The molecular formula is C34H35N3O2. The van der Waals surface area contributed by atoms with Gasteiger partial charge in [0.2, 0.25) is 5.91 Å². The van der Waals surface area contributed by atoms with Crippen LogP contribution in [0.1, 0.15) is 59.9 Å². The van der Waals surface area contributed by atoms with E-state index in [1.807, 2.05) is 36.5 Å². The van der Waals surface area contributed by atoms with Gasteiger partial charge in [-0.25, -0.2) is 4.98 Å². The van der Waals surface area contributed by atoms with E-state index in [1.54, 1.807) is 0 Å². The summed E-state index contributed by atoms with van der Waals surface area (Å²) < 4.78 is 2.29. The highest BCUT2D eigenvalue weighted by atomic mass is 16.3. The van der Waals surface area contributed by atoms with Crippen LogP contribution in [0.15, 0.2) is 91.1 Å². The monoisotopic (exact) mass is 517 g/mol. The van der Waals surface area contributed by atoms with Crippen molar-refractivity contribution in [2.75, 3.05) is 6.61 Å². The minimum absolute atomic E-state index is 0.000346. The molecule has 1 fully saturated rings. The van der Waals surface area contributed by atoms with E-state index in [-0.39, 0.29) is 18.4 Å². The summed E-state index contributed by atoms with van der Waals surface area (Å²) in [4.78, 5) is 18.5. The van der Waals surface area contributed by atoms with Crippen molar-refractivity contribution in [1.29, 1.82) is 0 Å². The Morgan fingerprint density at radius 3 is 2.41 bits per heavy atom. The average Bonchev–Trinajstić information content (AvgIpc) is 3.61. The number of nitrogens with zero attached hydrogens (tertiary/aromatic N) is 2. The summed E-state index contributed by atoms with van der Waals surface area (Å²) in [5, 5.41) is 15.6. The van der Waals surface area contributed by atoms with E-state index in [0.29, 0.717) is 12.5 Å². The maximum atomic E-state index is 13.7. The Balaban J connectivity index is 1.29. The minimum Gasteiger partial charge on any atom is -0.394 e. The third-order valence-corrected chi connectivity index (χ3v) is 8.39. The number of fused-ring (bicyclic) bond motifs is 3. The summed E-state index contributed by atoms with van der Waals surface area (Å²) in [7, 11) is 0. The summed E-state index contributed by atoms with van der Waals surface area (Å²) in [5.41, 5.74) is 6.55. The van der Waals surface area contributed by atoms with E-state index in [1.165, 1.54) is 27.4 Å². The van der Waals surface area contributed by atoms with Crippen LogP contribution in [0.3, 0.4) is 0 Å². The lowest BCUT2D eigenvalue weighted by atomic mass is 9.83. The van der Waals surface area contributed by atoms with Gasteiger partial charge in [-0.2, -0.15) is 0 Å². The van der Waals surface area contributed by atoms with E-state index in [4.69, 9.17) is 4.98 Å². The SMILES string of the molecule is Cc1ccnc2c1c1ccccc1n2Cc1ccc(C(C(=O)N[C@@H](CO)c2ccccc2)C2CCCC2)cc1. The molecule has 2 aromatic heterocycles. The molecule has 3 aromatic carbocycles. The van der Waals surface area contributed by atoms with Crippen LogP contribution >= 0.6 is 0 Å². The standard InChI is InChI=1S/C34H35N3O2/c1-23-19-20-35-33-31(23)28-13-7-8-14-30(28)37(33)21-24-15-17-27(18-16-24)32(26-11-5-6-12-26)34(39)36-29(22-38)25-9-3-2-4-10-25/h2-4,7-10,13-20,26,29,32,38H,5-6,11-12,21-22H2,1H3,(H,36,39)/t29-,32?/m0/s1. The highest BCUT2D eigenvalue weighted by Crippen LogP contribution is 2.38. The molecule has 5 nitrogen and oxygen atoms in total. The van der Waals surface area contributed by atoms with Gasteiger partial charge in [-0.05, 0) is 60.1 Å². The first-order chi connectivity index (χ1) is 19.1. The second kappa shape index (κ2) is 11.0. The molecule has 1 unspecified atom stereocenters. The molecule has 1 saturated carbocycles. The predicted octanol–water partition coefficient (Wildman–Crippen LogP) is 6.67. The number of benzene rings is 3. The second-order valence-corrected chi connectivity index (χ2v) is 10.8. The molecule has 1 aliphatic carbocycles. The molecule has 6 rings (SSSR count). The van der Waals surface area contributed by atoms with E-state index in [0.717, 1.165) is 42.5 Å². The molecule has 5 heteroatoms. The smallest absolute Gasteiger partial charge is 0.228 e. The first-order valence-electron chi connectivity index (χ1n) is 14.0. The third kappa shape index (κ3) is 4.95. The molecule has 0 bridgehead atoms. The van der Waals surface area contributed by atoms with Gasteiger partial charge in [0.05, 0.1) is 24.1 Å². The number of hydrogen-bond acceptors (Lipinski definition) is 3. The maximum Gasteiger partial charge on any atom is 0.228 e. The molecule has 2 heterocycles. The third-order valence-electron chi connectivity index (χ3n) is 8.39. The number of para-hydroxylation sites is 1. The van der Waals surface area contributed by atoms with Crippen LogP contribution in [0.25, 0.3) is 21.9 Å². The van der Waals surface area contributed by atoms with Crippen molar-refractivity contribution in [2.24, 2.45) is 5.92 Å². The first kappa shape index (κ1) is 25.3. The molecule has 2 atom stereocenters. The summed E-state index contributed by atoms with van der Waals surface area (Å²) in [5.74, 6) is 0.0898. The number of rotatable bonds is 8. The van der Waals surface area contributed by atoms with Crippen molar-refractivity contribution in [3.05, 3.63) is 113 Å². The van der Waals surface area contributed by atoms with Gasteiger partial charge in [0.1, 0.15) is 5.65 Å². The van der Waals surface area contributed by atoms with Gasteiger partial charge in [0.25, 0.3) is 0 Å². The second-order valence-electron chi connectivity index (χ2n) is 10.8. The summed E-state index contributed by atoms with van der Waals surface area (Å²) in [6, 6.07) is 28.4. The minimum atomic E-state index is -0.409. The van der Waals surface area contributed by atoms with E-state index >= 15 is 0 Å². The van der Waals surface area contributed by atoms with Crippen molar-refractivity contribution in [2.45, 2.75) is 51.1 Å². The molecule has 39 heavy (non-hydrogen) atoms. The predicted molar refractivity (Wildman–Crippen MR) is 157 cm³/mol. The number of carbonyl (C=O) groups excluding carboxylic acids is 1. The van der Waals surface area contributed by atoms with Gasteiger partial charge in [-0.15, -0.1) is 0 Å². The van der Waals surface area contributed by atoms with Gasteiger partial charge >= 0.3 is 0 Å². The molecule has 1 amide bonds. The topological polar surface area (TPSA) is 67.2 Å². The summed E-state index contributed by atoms with van der Waals surface area (Å²) >= 11 is 0. The number of pyridine rings is 1. The molecule has 5 aromatic rings. The molecule has 0 saturated heterocycles. The molecule has 198 valence electrons. The van der Waals surface area contributed by atoms with Crippen LogP contribution in [0, 0.1) is 12.8 Å². The van der Waals surface area contributed by atoms with E-state index < -0.39 is 6.04 Å². The normalized spacial score (nSPS) is 15.5. The van der Waals surface area contributed by atoms with Gasteiger partial charge in [0, 0.05) is 23.5 Å². The largest absolute Gasteiger partial charge is 0.394 e. The molecule has 1 aliphatic rings. The molecule has 2 N–H and O–H groups in total. The van der Waals surface area contributed by atoms with Crippen LogP contribution in [0.5, 0.6) is 0 Å². The number of aliphatic hydroxyl groups excluding tert-OH is 1. The lowest BCUT2D eigenvalue weighted by molar-refractivity contribution is -0.124. The van der Waals surface area contributed by atoms with Crippen molar-refractivity contribution in [3.63, 3.8) is 0 Å². The summed E-state index contributed by atoms with van der Waals surface area (Å²) in [6.07, 6.45) is 6.32. The van der Waals surface area contributed by atoms with Crippen molar-refractivity contribution in [3.8, 4) is 0 Å². The quantitative estimate of drug-likeness (QED) is 0.242. The van der Waals surface area contributed by atoms with Crippen LogP contribution in [0.4, 0.5) is 0 Å². The van der Waals surface area contributed by atoms with Crippen LogP contribution in [-0.4, -0.2) is 27.2 Å². The van der Waals surface area contributed by atoms with Gasteiger partial charge in [0.15, 0.2) is 0 Å². The van der Waals surface area contributed by atoms with Crippen LogP contribution < -0.4 is 5.32 Å². The van der Waals surface area contributed by atoms with Crippen molar-refractivity contribution in [1.82, 2.24) is 14.9 Å². The molecular weight excluding hydrogens is 482 g/mol. The Kier molecular flexibility index (Phi) is 7.16. The fourth-order valence-electron chi connectivity index (χ4n) is 6.40. The lowest BCUT2D eigenvalue weighted by Crippen LogP contribution is -2.37. The van der Waals surface area contributed by atoms with E-state index in [9.17, 15) is 9.90 Å². The zero-order valence-electron chi connectivity index (χ0n) is 22.4. The summed E-state index contributed by atoms with van der Waals surface area (Å²) in [6.45, 7) is 2.73. The highest BCUT2D eigenvalue weighted by Gasteiger charge is 2.33.